The van der Waals surface area contributed by atoms with Crippen LogP contribution < -0.4 is 5.32 Å². The Morgan fingerprint density at radius 1 is 1.44 bits per heavy atom. The molecular weight excluding hydrogens is 198 g/mol. The molecule has 16 heavy (non-hydrogen) atoms. The SMILES string of the molecule is Cc1cn(CC(C)C)c(NC(C)C2CC2)n1. The highest BCUT2D eigenvalue weighted by atomic mass is 15.2. The van der Waals surface area contributed by atoms with Gasteiger partial charge in [-0.25, -0.2) is 4.98 Å². The summed E-state index contributed by atoms with van der Waals surface area (Å²) in [5.41, 5.74) is 1.10. The summed E-state index contributed by atoms with van der Waals surface area (Å²) in [6.45, 7) is 9.85. The number of nitrogens with zero attached hydrogens (tertiary/aromatic N) is 2. The average molecular weight is 221 g/mol. The Morgan fingerprint density at radius 2 is 2.12 bits per heavy atom. The van der Waals surface area contributed by atoms with Gasteiger partial charge in [0, 0.05) is 18.8 Å². The quantitative estimate of drug-likeness (QED) is 0.828. The molecule has 0 bridgehead atoms. The van der Waals surface area contributed by atoms with E-state index in [9.17, 15) is 0 Å². The third kappa shape index (κ3) is 2.77. The van der Waals surface area contributed by atoms with E-state index in [1.807, 2.05) is 0 Å². The number of anilines is 1. The van der Waals surface area contributed by atoms with Crippen molar-refractivity contribution >= 4 is 5.95 Å². The van der Waals surface area contributed by atoms with Gasteiger partial charge >= 0.3 is 0 Å². The fourth-order valence-electron chi connectivity index (χ4n) is 2.11. The molecule has 1 heterocycles. The van der Waals surface area contributed by atoms with E-state index in [-0.39, 0.29) is 0 Å². The number of rotatable bonds is 5. The summed E-state index contributed by atoms with van der Waals surface area (Å²) in [6.07, 6.45) is 4.89. The molecule has 2 rings (SSSR count). The molecule has 0 aromatic carbocycles. The van der Waals surface area contributed by atoms with Crippen molar-refractivity contribution in [3.8, 4) is 0 Å². The third-order valence-electron chi connectivity index (χ3n) is 3.14. The second kappa shape index (κ2) is 4.48. The van der Waals surface area contributed by atoms with Gasteiger partial charge in [0.05, 0.1) is 5.69 Å². The molecule has 1 unspecified atom stereocenters. The minimum absolute atomic E-state index is 0.563. The Morgan fingerprint density at radius 3 is 2.69 bits per heavy atom. The zero-order valence-corrected chi connectivity index (χ0v) is 10.8. The average Bonchev–Trinajstić information content (AvgIpc) is 2.93. The van der Waals surface area contributed by atoms with E-state index in [2.05, 4.69) is 48.8 Å². The van der Waals surface area contributed by atoms with Crippen LogP contribution in [0.3, 0.4) is 0 Å². The van der Waals surface area contributed by atoms with Crippen LogP contribution in [-0.4, -0.2) is 15.6 Å². The zero-order valence-electron chi connectivity index (χ0n) is 10.8. The van der Waals surface area contributed by atoms with Gasteiger partial charge in [0.2, 0.25) is 5.95 Å². The molecule has 1 atom stereocenters. The highest BCUT2D eigenvalue weighted by Crippen LogP contribution is 2.33. The molecule has 1 fully saturated rings. The lowest BCUT2D eigenvalue weighted by Gasteiger charge is -2.16. The molecule has 1 aromatic heterocycles. The van der Waals surface area contributed by atoms with Crippen molar-refractivity contribution in [1.29, 1.82) is 0 Å². The molecule has 0 radical (unpaired) electrons. The van der Waals surface area contributed by atoms with Gasteiger partial charge in [0.15, 0.2) is 0 Å². The summed E-state index contributed by atoms with van der Waals surface area (Å²) in [7, 11) is 0. The van der Waals surface area contributed by atoms with Crippen LogP contribution in [0, 0.1) is 18.8 Å². The summed E-state index contributed by atoms with van der Waals surface area (Å²) >= 11 is 0. The van der Waals surface area contributed by atoms with Crippen molar-refractivity contribution in [1.82, 2.24) is 9.55 Å². The van der Waals surface area contributed by atoms with Crippen LogP contribution in [-0.2, 0) is 6.54 Å². The van der Waals surface area contributed by atoms with Gasteiger partial charge in [-0.3, -0.25) is 0 Å². The van der Waals surface area contributed by atoms with Gasteiger partial charge in [-0.15, -0.1) is 0 Å². The minimum atomic E-state index is 0.563. The predicted octanol–water partition coefficient (Wildman–Crippen LogP) is 3.06. The van der Waals surface area contributed by atoms with Crippen LogP contribution in [0.25, 0.3) is 0 Å². The number of hydrogen-bond donors (Lipinski definition) is 1. The minimum Gasteiger partial charge on any atom is -0.353 e. The fourth-order valence-corrected chi connectivity index (χ4v) is 2.11. The number of imidazole rings is 1. The lowest BCUT2D eigenvalue weighted by molar-refractivity contribution is 0.522. The number of aryl methyl sites for hydroxylation is 1. The third-order valence-corrected chi connectivity index (χ3v) is 3.14. The maximum Gasteiger partial charge on any atom is 0.203 e. The molecular formula is C13H23N3. The summed E-state index contributed by atoms with van der Waals surface area (Å²) in [5, 5.41) is 3.55. The molecule has 90 valence electrons. The predicted molar refractivity (Wildman–Crippen MR) is 67.6 cm³/mol. The van der Waals surface area contributed by atoms with E-state index >= 15 is 0 Å². The molecule has 1 aliphatic carbocycles. The largest absolute Gasteiger partial charge is 0.353 e. The van der Waals surface area contributed by atoms with E-state index in [0.29, 0.717) is 12.0 Å². The Bertz CT molecular complexity index is 350. The van der Waals surface area contributed by atoms with E-state index in [4.69, 9.17) is 0 Å². The second-order valence-electron chi connectivity index (χ2n) is 5.52. The molecule has 3 heteroatoms. The molecule has 1 saturated carbocycles. The van der Waals surface area contributed by atoms with Crippen LogP contribution >= 0.6 is 0 Å². The molecule has 1 N–H and O–H groups in total. The standard InChI is InChI=1S/C13H23N3/c1-9(2)7-16-8-10(3)14-13(16)15-11(4)12-5-6-12/h8-9,11-12H,5-7H2,1-4H3,(H,14,15). The molecule has 1 aromatic rings. The van der Waals surface area contributed by atoms with Crippen molar-refractivity contribution in [2.75, 3.05) is 5.32 Å². The zero-order chi connectivity index (χ0) is 11.7. The van der Waals surface area contributed by atoms with Crippen LogP contribution in [0.15, 0.2) is 6.20 Å². The highest BCUT2D eigenvalue weighted by molar-refractivity contribution is 5.30. The Balaban J connectivity index is 2.05. The van der Waals surface area contributed by atoms with Crippen molar-refractivity contribution in [3.63, 3.8) is 0 Å². The Hall–Kier alpha value is -0.990. The lowest BCUT2D eigenvalue weighted by Crippen LogP contribution is -2.21. The van der Waals surface area contributed by atoms with Gasteiger partial charge in [0.1, 0.15) is 0 Å². The van der Waals surface area contributed by atoms with Gasteiger partial charge < -0.3 is 9.88 Å². The van der Waals surface area contributed by atoms with Crippen LogP contribution in [0.5, 0.6) is 0 Å². The van der Waals surface area contributed by atoms with Gasteiger partial charge in [-0.2, -0.15) is 0 Å². The number of hydrogen-bond acceptors (Lipinski definition) is 2. The van der Waals surface area contributed by atoms with Crippen molar-refractivity contribution in [2.24, 2.45) is 11.8 Å². The van der Waals surface area contributed by atoms with Gasteiger partial charge in [-0.1, -0.05) is 13.8 Å². The van der Waals surface area contributed by atoms with E-state index in [1.165, 1.54) is 12.8 Å². The van der Waals surface area contributed by atoms with Crippen molar-refractivity contribution in [2.45, 2.75) is 53.1 Å². The molecule has 3 nitrogen and oxygen atoms in total. The second-order valence-corrected chi connectivity index (χ2v) is 5.52. The molecule has 0 aliphatic heterocycles. The summed E-state index contributed by atoms with van der Waals surface area (Å²) in [6, 6.07) is 0.563. The number of nitrogens with one attached hydrogen (secondary N) is 1. The van der Waals surface area contributed by atoms with Crippen LogP contribution in [0.1, 0.15) is 39.3 Å². The van der Waals surface area contributed by atoms with E-state index < -0.39 is 0 Å². The Labute approximate surface area is 98.3 Å². The smallest absolute Gasteiger partial charge is 0.203 e. The fraction of sp³-hybridized carbons (Fsp3) is 0.769. The first kappa shape index (κ1) is 11.5. The maximum absolute atomic E-state index is 4.57. The lowest BCUT2D eigenvalue weighted by atomic mass is 10.2. The van der Waals surface area contributed by atoms with Crippen molar-refractivity contribution < 1.29 is 0 Å². The van der Waals surface area contributed by atoms with Gasteiger partial charge in [-0.05, 0) is 38.5 Å². The van der Waals surface area contributed by atoms with E-state index in [1.54, 1.807) is 0 Å². The summed E-state index contributed by atoms with van der Waals surface area (Å²) in [5.74, 6) is 2.57. The van der Waals surface area contributed by atoms with Crippen LogP contribution in [0.2, 0.25) is 0 Å². The van der Waals surface area contributed by atoms with Gasteiger partial charge in [0.25, 0.3) is 0 Å². The summed E-state index contributed by atoms with van der Waals surface area (Å²) < 4.78 is 2.25. The topological polar surface area (TPSA) is 29.9 Å². The molecule has 0 saturated heterocycles. The summed E-state index contributed by atoms with van der Waals surface area (Å²) in [4.78, 5) is 4.57. The van der Waals surface area contributed by atoms with E-state index in [0.717, 1.165) is 24.1 Å². The van der Waals surface area contributed by atoms with Crippen molar-refractivity contribution in [3.05, 3.63) is 11.9 Å². The number of aromatic nitrogens is 2. The first-order valence-corrected chi connectivity index (χ1v) is 6.36. The maximum atomic E-state index is 4.57. The normalized spacial score (nSPS) is 17.8. The molecule has 0 amide bonds. The molecule has 0 spiro atoms. The molecule has 1 aliphatic rings. The van der Waals surface area contributed by atoms with Crippen LogP contribution in [0.4, 0.5) is 5.95 Å². The monoisotopic (exact) mass is 221 g/mol. The Kier molecular flexibility index (Phi) is 3.22. The first-order chi connectivity index (χ1) is 7.56. The first-order valence-electron chi connectivity index (χ1n) is 6.36. The highest BCUT2D eigenvalue weighted by Gasteiger charge is 2.28.